The summed E-state index contributed by atoms with van der Waals surface area (Å²) in [6, 6.07) is 7.03. The number of hydrogen-bond acceptors (Lipinski definition) is 4. The summed E-state index contributed by atoms with van der Waals surface area (Å²) in [5.41, 5.74) is 0.831. The molecule has 1 atom stereocenters. The Morgan fingerprint density at radius 1 is 1.06 bits per heavy atom. The summed E-state index contributed by atoms with van der Waals surface area (Å²) in [6.45, 7) is 12.9. The fourth-order valence-corrected chi connectivity index (χ4v) is 3.59. The highest BCUT2D eigenvalue weighted by Gasteiger charge is 2.39. The molecule has 1 saturated carbocycles. The molecule has 0 saturated heterocycles. The Morgan fingerprint density at radius 2 is 1.66 bits per heavy atom. The van der Waals surface area contributed by atoms with Crippen LogP contribution in [0, 0.1) is 0 Å². The molecule has 0 spiro atoms. The molecule has 2 N–H and O–H groups in total. The van der Waals surface area contributed by atoms with Crippen LogP contribution in [0.5, 0.6) is 0 Å². The standard InChI is InChI=1S/C25H39N3O4/c1-8-17-12-14-18(15-13-17)21(22(30)27-24(2,3)4)28(19-10-9-11-19)20(29)16-26-23(31)32-25(5,6)7/h12-15,19,21H,8-11,16H2,1-7H3,(H,26,31)(H,27,30). The van der Waals surface area contributed by atoms with E-state index in [0.717, 1.165) is 36.8 Å². The van der Waals surface area contributed by atoms with Crippen LogP contribution in [0.15, 0.2) is 24.3 Å². The minimum Gasteiger partial charge on any atom is -0.444 e. The lowest BCUT2D eigenvalue weighted by atomic mass is 9.88. The molecule has 0 heterocycles. The summed E-state index contributed by atoms with van der Waals surface area (Å²) in [7, 11) is 0. The van der Waals surface area contributed by atoms with E-state index in [1.165, 1.54) is 0 Å². The van der Waals surface area contributed by atoms with Crippen molar-refractivity contribution in [2.75, 3.05) is 6.54 Å². The number of nitrogens with zero attached hydrogens (tertiary/aromatic N) is 1. The van der Waals surface area contributed by atoms with E-state index in [9.17, 15) is 14.4 Å². The first-order chi connectivity index (χ1) is 14.8. The van der Waals surface area contributed by atoms with E-state index in [-0.39, 0.29) is 24.4 Å². The molecule has 1 aliphatic carbocycles. The number of carbonyl (C=O) groups excluding carboxylic acids is 3. The van der Waals surface area contributed by atoms with Crippen molar-refractivity contribution < 1.29 is 19.1 Å². The van der Waals surface area contributed by atoms with Crippen molar-refractivity contribution in [3.63, 3.8) is 0 Å². The first-order valence-electron chi connectivity index (χ1n) is 11.5. The van der Waals surface area contributed by atoms with Gasteiger partial charge < -0.3 is 20.3 Å². The van der Waals surface area contributed by atoms with Gasteiger partial charge in [0.05, 0.1) is 0 Å². The van der Waals surface area contributed by atoms with Gasteiger partial charge >= 0.3 is 6.09 Å². The van der Waals surface area contributed by atoms with Crippen LogP contribution in [0.1, 0.15) is 84.9 Å². The van der Waals surface area contributed by atoms with Crippen LogP contribution < -0.4 is 10.6 Å². The molecule has 1 aromatic rings. The maximum Gasteiger partial charge on any atom is 0.408 e. The lowest BCUT2D eigenvalue weighted by molar-refractivity contribution is -0.145. The summed E-state index contributed by atoms with van der Waals surface area (Å²) in [6.07, 6.45) is 2.93. The van der Waals surface area contributed by atoms with E-state index in [2.05, 4.69) is 17.6 Å². The van der Waals surface area contributed by atoms with Crippen molar-refractivity contribution >= 4 is 17.9 Å². The minimum absolute atomic E-state index is 0.0375. The summed E-state index contributed by atoms with van der Waals surface area (Å²) in [4.78, 5) is 40.5. The van der Waals surface area contributed by atoms with E-state index in [1.54, 1.807) is 25.7 Å². The molecule has 1 aromatic carbocycles. The maximum atomic E-state index is 13.4. The third kappa shape index (κ3) is 7.53. The van der Waals surface area contributed by atoms with E-state index >= 15 is 0 Å². The van der Waals surface area contributed by atoms with E-state index < -0.39 is 23.3 Å². The van der Waals surface area contributed by atoms with Gasteiger partial charge in [0, 0.05) is 11.6 Å². The molecule has 32 heavy (non-hydrogen) atoms. The van der Waals surface area contributed by atoms with Crippen molar-refractivity contribution in [3.8, 4) is 0 Å². The Bertz CT molecular complexity index is 802. The zero-order valence-corrected chi connectivity index (χ0v) is 20.6. The van der Waals surface area contributed by atoms with Crippen LogP contribution in [-0.4, -0.2) is 46.5 Å². The van der Waals surface area contributed by atoms with Crippen LogP contribution in [-0.2, 0) is 20.7 Å². The number of aryl methyl sites for hydroxylation is 1. The summed E-state index contributed by atoms with van der Waals surface area (Å²) < 4.78 is 5.25. The molecular formula is C25H39N3O4. The smallest absolute Gasteiger partial charge is 0.408 e. The molecule has 1 unspecified atom stereocenters. The van der Waals surface area contributed by atoms with Crippen molar-refractivity contribution in [1.29, 1.82) is 0 Å². The van der Waals surface area contributed by atoms with Gasteiger partial charge in [-0.2, -0.15) is 0 Å². The number of hydrogen-bond donors (Lipinski definition) is 2. The third-order valence-corrected chi connectivity index (χ3v) is 5.27. The molecule has 0 radical (unpaired) electrons. The van der Waals surface area contributed by atoms with Gasteiger partial charge in [0.15, 0.2) is 0 Å². The van der Waals surface area contributed by atoms with Crippen LogP contribution in [0.2, 0.25) is 0 Å². The number of alkyl carbamates (subject to hydrolysis) is 1. The summed E-state index contributed by atoms with van der Waals surface area (Å²) in [5, 5.41) is 5.59. The molecule has 1 fully saturated rings. The largest absolute Gasteiger partial charge is 0.444 e. The van der Waals surface area contributed by atoms with Crippen molar-refractivity contribution in [2.24, 2.45) is 0 Å². The zero-order valence-electron chi connectivity index (χ0n) is 20.6. The third-order valence-electron chi connectivity index (χ3n) is 5.27. The molecule has 7 nitrogen and oxygen atoms in total. The monoisotopic (exact) mass is 445 g/mol. The number of rotatable bonds is 7. The van der Waals surface area contributed by atoms with Gasteiger partial charge in [-0.25, -0.2) is 4.79 Å². The Morgan fingerprint density at radius 3 is 2.09 bits per heavy atom. The van der Waals surface area contributed by atoms with Crippen LogP contribution in [0.3, 0.4) is 0 Å². The van der Waals surface area contributed by atoms with Crippen LogP contribution >= 0.6 is 0 Å². The maximum absolute atomic E-state index is 13.4. The van der Waals surface area contributed by atoms with Gasteiger partial charge in [-0.15, -0.1) is 0 Å². The van der Waals surface area contributed by atoms with E-state index in [4.69, 9.17) is 4.74 Å². The highest BCUT2D eigenvalue weighted by molar-refractivity contribution is 5.91. The van der Waals surface area contributed by atoms with Gasteiger partial charge in [-0.05, 0) is 78.4 Å². The van der Waals surface area contributed by atoms with E-state index in [1.807, 2.05) is 45.0 Å². The zero-order chi connectivity index (χ0) is 24.1. The van der Waals surface area contributed by atoms with E-state index in [0.29, 0.717) is 0 Å². The molecular weight excluding hydrogens is 406 g/mol. The number of ether oxygens (including phenoxy) is 1. The quantitative estimate of drug-likeness (QED) is 0.661. The number of amides is 3. The highest BCUT2D eigenvalue weighted by Crippen LogP contribution is 2.33. The fraction of sp³-hybridized carbons (Fsp3) is 0.640. The molecule has 3 amide bonds. The Balaban J connectivity index is 2.32. The Labute approximate surface area is 192 Å². The predicted octanol–water partition coefficient (Wildman–Crippen LogP) is 4.11. The second kappa shape index (κ2) is 10.4. The molecule has 0 aromatic heterocycles. The molecule has 0 aliphatic heterocycles. The summed E-state index contributed by atoms with van der Waals surface area (Å²) in [5.74, 6) is -0.520. The van der Waals surface area contributed by atoms with Gasteiger partial charge in [0.1, 0.15) is 18.2 Å². The summed E-state index contributed by atoms with van der Waals surface area (Å²) >= 11 is 0. The van der Waals surface area contributed by atoms with Gasteiger partial charge in [0.25, 0.3) is 0 Å². The molecule has 7 heteroatoms. The highest BCUT2D eigenvalue weighted by atomic mass is 16.6. The van der Waals surface area contributed by atoms with Gasteiger partial charge in [-0.1, -0.05) is 31.2 Å². The average Bonchev–Trinajstić information content (AvgIpc) is 2.62. The van der Waals surface area contributed by atoms with Gasteiger partial charge in [-0.3, -0.25) is 9.59 Å². The van der Waals surface area contributed by atoms with Crippen molar-refractivity contribution in [2.45, 2.75) is 97.4 Å². The van der Waals surface area contributed by atoms with Crippen molar-refractivity contribution in [1.82, 2.24) is 15.5 Å². The average molecular weight is 446 g/mol. The lowest BCUT2D eigenvalue weighted by Crippen LogP contribution is -2.55. The molecule has 0 bridgehead atoms. The number of benzene rings is 1. The molecule has 1 aliphatic rings. The molecule has 178 valence electrons. The lowest BCUT2D eigenvalue weighted by Gasteiger charge is -2.43. The van der Waals surface area contributed by atoms with Crippen molar-refractivity contribution in [3.05, 3.63) is 35.4 Å². The predicted molar refractivity (Wildman–Crippen MR) is 125 cm³/mol. The van der Waals surface area contributed by atoms with Crippen LogP contribution in [0.4, 0.5) is 4.79 Å². The number of nitrogens with one attached hydrogen (secondary N) is 2. The second-order valence-electron chi connectivity index (χ2n) is 10.5. The van der Waals surface area contributed by atoms with Gasteiger partial charge in [0.2, 0.25) is 11.8 Å². The minimum atomic E-state index is -0.765. The first kappa shape index (κ1) is 25.7. The number of carbonyl (C=O) groups is 3. The SMILES string of the molecule is CCc1ccc(C(C(=O)NC(C)(C)C)N(C(=O)CNC(=O)OC(C)(C)C)C2CCC2)cc1. The molecule has 2 rings (SSSR count). The first-order valence-corrected chi connectivity index (χ1v) is 11.5. The Hall–Kier alpha value is -2.57. The normalized spacial score (nSPS) is 15.3. The van der Waals surface area contributed by atoms with Crippen LogP contribution in [0.25, 0.3) is 0 Å². The fourth-order valence-electron chi connectivity index (χ4n) is 3.59. The second-order valence-corrected chi connectivity index (χ2v) is 10.5. The Kier molecular flexibility index (Phi) is 8.32. The topological polar surface area (TPSA) is 87.7 Å².